The smallest absolute Gasteiger partial charge is 0.276 e. The van der Waals surface area contributed by atoms with Gasteiger partial charge in [0, 0.05) is 17.2 Å². The van der Waals surface area contributed by atoms with Gasteiger partial charge in [-0.25, -0.2) is 8.42 Å². The Labute approximate surface area is 178 Å². The minimum absolute atomic E-state index is 0.0209. The Balaban J connectivity index is 1.98. The van der Waals surface area contributed by atoms with E-state index in [9.17, 15) is 8.42 Å². The minimum Gasteiger partial charge on any atom is -0.302 e. The Morgan fingerprint density at radius 1 is 1.17 bits per heavy atom. The summed E-state index contributed by atoms with van der Waals surface area (Å²) in [6.07, 6.45) is 4.35. The minimum atomic E-state index is -3.12. The first-order chi connectivity index (χ1) is 13.4. The maximum atomic E-state index is 12.6. The van der Waals surface area contributed by atoms with Crippen molar-refractivity contribution in [1.29, 1.82) is 0 Å². The third-order valence-electron chi connectivity index (χ3n) is 9.67. The van der Waals surface area contributed by atoms with Crippen molar-refractivity contribution in [2.75, 3.05) is 19.3 Å². The predicted octanol–water partition coefficient (Wildman–Crippen LogP) is 4.33. The molecule has 29 heavy (non-hydrogen) atoms. The van der Waals surface area contributed by atoms with Crippen LogP contribution < -0.4 is 0 Å². The largest absolute Gasteiger partial charge is 0.302 e. The molecule has 1 aliphatic heterocycles. The zero-order valence-electron chi connectivity index (χ0n) is 19.3. The van der Waals surface area contributed by atoms with Crippen LogP contribution in [-0.4, -0.2) is 45.3 Å². The molecule has 2 bridgehead atoms. The lowest BCUT2D eigenvalue weighted by Crippen LogP contribution is -2.72. The Morgan fingerprint density at radius 3 is 2.52 bits per heavy atom. The summed E-state index contributed by atoms with van der Waals surface area (Å²) in [5.74, 6) is 0.473. The fourth-order valence-electron chi connectivity index (χ4n) is 7.80. The number of benzene rings is 1. The molecule has 1 saturated heterocycles. The van der Waals surface area contributed by atoms with Crippen LogP contribution in [0, 0.1) is 30.6 Å². The van der Waals surface area contributed by atoms with E-state index in [2.05, 4.69) is 58.7 Å². The van der Waals surface area contributed by atoms with Gasteiger partial charge in [-0.1, -0.05) is 39.7 Å². The maximum Gasteiger partial charge on any atom is 0.276 e. The summed E-state index contributed by atoms with van der Waals surface area (Å²) in [5, 5.41) is 0. The molecule has 159 valence electrons. The van der Waals surface area contributed by atoms with Gasteiger partial charge >= 0.3 is 0 Å². The summed E-state index contributed by atoms with van der Waals surface area (Å²) in [4.78, 5) is 2.59. The first-order valence-electron chi connectivity index (χ1n) is 11.2. The zero-order valence-corrected chi connectivity index (χ0v) is 20.1. The van der Waals surface area contributed by atoms with Crippen molar-refractivity contribution in [1.82, 2.24) is 4.90 Å². The van der Waals surface area contributed by atoms with E-state index >= 15 is 0 Å². The first kappa shape index (κ1) is 21.4. The first-order valence-corrected chi connectivity index (χ1v) is 12.9. The van der Waals surface area contributed by atoms with Crippen molar-refractivity contribution in [2.45, 2.75) is 78.6 Å². The van der Waals surface area contributed by atoms with Crippen LogP contribution in [0.3, 0.4) is 0 Å². The van der Waals surface area contributed by atoms with E-state index in [1.165, 1.54) is 23.2 Å². The Kier molecular flexibility index (Phi) is 4.87. The van der Waals surface area contributed by atoms with Gasteiger partial charge in [0.25, 0.3) is 6.56 Å². The second-order valence-electron chi connectivity index (χ2n) is 10.8. The molecular weight excluding hydrogens is 377 g/mol. The lowest BCUT2D eigenvalue weighted by Gasteiger charge is -2.72. The molecule has 3 aliphatic rings. The van der Waals surface area contributed by atoms with Crippen LogP contribution in [-0.2, 0) is 21.5 Å². The molecule has 1 heterocycles. The number of fused-ring (bicyclic) bond motifs is 1. The molecule has 2 aliphatic carbocycles. The quantitative estimate of drug-likeness (QED) is 0.691. The van der Waals surface area contributed by atoms with Gasteiger partial charge in [0.2, 0.25) is 0 Å². The number of likely N-dealkylation sites (N-methyl/N-ethyl adjacent to an activating group) is 1. The highest BCUT2D eigenvalue weighted by molar-refractivity contribution is 8.15. The van der Waals surface area contributed by atoms with Crippen molar-refractivity contribution in [2.24, 2.45) is 16.7 Å². The van der Waals surface area contributed by atoms with E-state index in [4.69, 9.17) is 0 Å². The van der Waals surface area contributed by atoms with E-state index < -0.39 is 9.69 Å². The molecular formula is C24H37BNO2S. The third-order valence-corrected chi connectivity index (χ3v) is 11.3. The fraction of sp³-hybridized carbons (Fsp3) is 0.750. The molecule has 5 heteroatoms. The molecule has 0 aromatic heterocycles. The van der Waals surface area contributed by atoms with Gasteiger partial charge in [0.05, 0.1) is 9.69 Å². The SMILES string of the molecule is C[B]S(=O)(=O)CC1CCC2(C)[C@@H]3Cc4ccc(C)c(C)c4[C@@]2(CCN3C)C1(C)C. The molecule has 1 saturated carbocycles. The highest BCUT2D eigenvalue weighted by atomic mass is 32.2. The highest BCUT2D eigenvalue weighted by Gasteiger charge is 2.69. The fourth-order valence-corrected chi connectivity index (χ4v) is 9.14. The topological polar surface area (TPSA) is 37.4 Å². The number of likely N-dealkylation sites (tertiary alicyclic amines) is 1. The van der Waals surface area contributed by atoms with Crippen molar-refractivity contribution in [3.05, 3.63) is 34.4 Å². The normalized spacial score (nSPS) is 36.2. The number of aryl methyl sites for hydroxylation is 1. The standard InChI is InChI=1S/C24H37BNO2S/c1-16-8-9-18-14-20-23(5)11-10-19(15-29(27,28)25-6)22(3,4)24(23,12-13-26(20)7)21(18)17(16)2/h8-9,19-20H,10-15H2,1-7H3/t19?,20-,23?,24-/m0/s1. The van der Waals surface area contributed by atoms with Crippen molar-refractivity contribution >= 4 is 16.2 Å². The molecule has 0 spiro atoms. The number of hydrogen-bond acceptors (Lipinski definition) is 3. The molecule has 4 atom stereocenters. The number of nitrogens with zero attached hydrogens (tertiary/aromatic N) is 1. The number of piperidine rings is 1. The second-order valence-corrected chi connectivity index (χ2v) is 13.0. The van der Waals surface area contributed by atoms with Crippen LogP contribution in [0.5, 0.6) is 0 Å². The van der Waals surface area contributed by atoms with Crippen LogP contribution in [0.4, 0.5) is 0 Å². The summed E-state index contributed by atoms with van der Waals surface area (Å²) >= 11 is 0. The second kappa shape index (κ2) is 6.59. The molecule has 2 unspecified atom stereocenters. The van der Waals surface area contributed by atoms with Gasteiger partial charge in [0.15, 0.2) is 0 Å². The van der Waals surface area contributed by atoms with Gasteiger partial charge in [-0.2, -0.15) is 0 Å². The van der Waals surface area contributed by atoms with Crippen molar-refractivity contribution in [3.63, 3.8) is 0 Å². The van der Waals surface area contributed by atoms with E-state index in [0.29, 0.717) is 6.04 Å². The Morgan fingerprint density at radius 2 is 1.86 bits per heavy atom. The summed E-state index contributed by atoms with van der Waals surface area (Å²) in [5.41, 5.74) is 5.99. The lowest BCUT2D eigenvalue weighted by atomic mass is 9.35. The Hall–Kier alpha value is -0.805. The van der Waals surface area contributed by atoms with Gasteiger partial charge < -0.3 is 4.90 Å². The number of rotatable bonds is 3. The summed E-state index contributed by atoms with van der Waals surface area (Å²) in [6, 6.07) is 5.18. The van der Waals surface area contributed by atoms with Crippen LogP contribution in [0.1, 0.15) is 62.3 Å². The Bertz CT molecular complexity index is 940. The van der Waals surface area contributed by atoms with Crippen LogP contribution in [0.15, 0.2) is 12.1 Å². The molecule has 3 nitrogen and oxygen atoms in total. The monoisotopic (exact) mass is 414 g/mol. The highest BCUT2D eigenvalue weighted by Crippen LogP contribution is 2.70. The van der Waals surface area contributed by atoms with E-state index in [1.807, 2.05) is 0 Å². The average molecular weight is 414 g/mol. The molecule has 1 radical (unpaired) electrons. The summed E-state index contributed by atoms with van der Waals surface area (Å²) in [7, 11) is -0.827. The molecule has 2 fully saturated rings. The van der Waals surface area contributed by atoms with Gasteiger partial charge in [0.1, 0.15) is 0 Å². The average Bonchev–Trinajstić information content (AvgIpc) is 2.64. The molecule has 1 aromatic carbocycles. The summed E-state index contributed by atoms with van der Waals surface area (Å²) in [6.45, 7) is 16.0. The number of hydrogen-bond donors (Lipinski definition) is 0. The lowest BCUT2D eigenvalue weighted by molar-refractivity contribution is -0.154. The molecule has 0 amide bonds. The third kappa shape index (κ3) is 2.68. The van der Waals surface area contributed by atoms with Gasteiger partial charge in [-0.05, 0) is 92.1 Å². The van der Waals surface area contributed by atoms with E-state index in [-0.39, 0.29) is 27.9 Å². The van der Waals surface area contributed by atoms with Crippen LogP contribution in [0.25, 0.3) is 0 Å². The molecule has 0 N–H and O–H groups in total. The zero-order chi connectivity index (χ0) is 21.4. The van der Waals surface area contributed by atoms with E-state index in [1.54, 1.807) is 12.4 Å². The van der Waals surface area contributed by atoms with Gasteiger partial charge in [-0.3, -0.25) is 0 Å². The van der Waals surface area contributed by atoms with Crippen molar-refractivity contribution in [3.8, 4) is 0 Å². The maximum absolute atomic E-state index is 12.6. The van der Waals surface area contributed by atoms with Crippen LogP contribution in [0.2, 0.25) is 6.82 Å². The summed E-state index contributed by atoms with van der Waals surface area (Å²) < 4.78 is 25.2. The van der Waals surface area contributed by atoms with Crippen molar-refractivity contribution < 1.29 is 8.42 Å². The predicted molar refractivity (Wildman–Crippen MR) is 122 cm³/mol. The van der Waals surface area contributed by atoms with Gasteiger partial charge in [-0.15, -0.1) is 0 Å². The molecule has 1 aromatic rings. The van der Waals surface area contributed by atoms with Crippen LogP contribution >= 0.6 is 0 Å². The molecule has 4 rings (SSSR count). The van der Waals surface area contributed by atoms with E-state index in [0.717, 1.165) is 32.2 Å².